The summed E-state index contributed by atoms with van der Waals surface area (Å²) >= 11 is 0. The molecule has 0 fully saturated rings. The zero-order valence-corrected chi connectivity index (χ0v) is 10.0. The molecule has 0 bridgehead atoms. The largest absolute Gasteiger partial charge is 0.481 e. The minimum absolute atomic E-state index is 0.307. The molecule has 15 heavy (non-hydrogen) atoms. The highest BCUT2D eigenvalue weighted by molar-refractivity contribution is 5.69. The number of ether oxygens (including phenoxy) is 1. The van der Waals surface area contributed by atoms with Gasteiger partial charge in [0, 0.05) is 20.2 Å². The normalized spacial score (nSPS) is 13.1. The van der Waals surface area contributed by atoms with E-state index < -0.39 is 5.97 Å². The highest BCUT2D eigenvalue weighted by Crippen LogP contribution is 2.02. The molecule has 0 radical (unpaired) electrons. The average Bonchev–Trinajstić information content (AvgIpc) is 2.21. The van der Waals surface area contributed by atoms with E-state index in [1.165, 1.54) is 0 Å². The van der Waals surface area contributed by atoms with Crippen LogP contribution < -0.4 is 0 Å². The molecule has 0 heterocycles. The highest BCUT2D eigenvalue weighted by Gasteiger charge is 2.15. The van der Waals surface area contributed by atoms with Crippen LogP contribution in [0.3, 0.4) is 0 Å². The van der Waals surface area contributed by atoms with Crippen molar-refractivity contribution in [1.29, 1.82) is 0 Å². The first-order valence-electron chi connectivity index (χ1n) is 5.55. The SMILES string of the molecule is CCCCN(CCOC)CC(C)C(=O)O. The minimum atomic E-state index is -0.728. The van der Waals surface area contributed by atoms with Crippen LogP contribution in [-0.4, -0.2) is 49.3 Å². The van der Waals surface area contributed by atoms with Crippen LogP contribution in [0.5, 0.6) is 0 Å². The van der Waals surface area contributed by atoms with Crippen LogP contribution in [0.2, 0.25) is 0 Å². The van der Waals surface area contributed by atoms with Gasteiger partial charge in [0.25, 0.3) is 0 Å². The maximum Gasteiger partial charge on any atom is 0.307 e. The zero-order valence-electron chi connectivity index (χ0n) is 10.0. The van der Waals surface area contributed by atoms with Gasteiger partial charge in [0.05, 0.1) is 12.5 Å². The summed E-state index contributed by atoms with van der Waals surface area (Å²) < 4.78 is 5.01. The van der Waals surface area contributed by atoms with Crippen molar-refractivity contribution in [1.82, 2.24) is 4.90 Å². The van der Waals surface area contributed by atoms with Gasteiger partial charge in [-0.15, -0.1) is 0 Å². The lowest BCUT2D eigenvalue weighted by atomic mass is 10.1. The van der Waals surface area contributed by atoms with Gasteiger partial charge in [0.15, 0.2) is 0 Å². The number of hydrogen-bond donors (Lipinski definition) is 1. The molecule has 1 unspecified atom stereocenters. The number of aliphatic carboxylic acids is 1. The smallest absolute Gasteiger partial charge is 0.307 e. The van der Waals surface area contributed by atoms with Gasteiger partial charge in [-0.05, 0) is 13.0 Å². The van der Waals surface area contributed by atoms with E-state index >= 15 is 0 Å². The number of rotatable bonds is 9. The van der Waals surface area contributed by atoms with Gasteiger partial charge in [0.2, 0.25) is 0 Å². The fourth-order valence-corrected chi connectivity index (χ4v) is 1.36. The molecule has 4 nitrogen and oxygen atoms in total. The van der Waals surface area contributed by atoms with E-state index in [-0.39, 0.29) is 5.92 Å². The van der Waals surface area contributed by atoms with Crippen molar-refractivity contribution in [3.63, 3.8) is 0 Å². The van der Waals surface area contributed by atoms with Gasteiger partial charge in [0.1, 0.15) is 0 Å². The molecule has 0 aromatic rings. The second-order valence-corrected chi connectivity index (χ2v) is 3.89. The monoisotopic (exact) mass is 217 g/mol. The molecule has 0 spiro atoms. The van der Waals surface area contributed by atoms with E-state index in [0.717, 1.165) is 25.9 Å². The molecule has 1 atom stereocenters. The maximum absolute atomic E-state index is 10.7. The molecule has 0 aliphatic carbocycles. The number of nitrogens with zero attached hydrogens (tertiary/aromatic N) is 1. The van der Waals surface area contributed by atoms with E-state index in [0.29, 0.717) is 13.2 Å². The second kappa shape index (κ2) is 8.68. The van der Waals surface area contributed by atoms with Crippen LogP contribution in [-0.2, 0) is 9.53 Å². The maximum atomic E-state index is 10.7. The molecule has 0 aliphatic rings. The Bertz CT molecular complexity index is 165. The predicted molar refractivity (Wildman–Crippen MR) is 60.0 cm³/mol. The molecule has 0 aromatic carbocycles. The molecule has 90 valence electrons. The van der Waals surface area contributed by atoms with Crippen LogP contribution in [0.4, 0.5) is 0 Å². The van der Waals surface area contributed by atoms with Crippen molar-refractivity contribution in [2.75, 3.05) is 33.4 Å². The summed E-state index contributed by atoms with van der Waals surface area (Å²) in [4.78, 5) is 12.9. The summed E-state index contributed by atoms with van der Waals surface area (Å²) in [7, 11) is 1.67. The zero-order chi connectivity index (χ0) is 11.7. The van der Waals surface area contributed by atoms with Crippen LogP contribution in [0.25, 0.3) is 0 Å². The molecule has 0 saturated carbocycles. The Hall–Kier alpha value is -0.610. The average molecular weight is 217 g/mol. The fraction of sp³-hybridized carbons (Fsp3) is 0.909. The van der Waals surface area contributed by atoms with Crippen molar-refractivity contribution >= 4 is 5.97 Å². The van der Waals surface area contributed by atoms with E-state index in [4.69, 9.17) is 9.84 Å². The molecule has 0 saturated heterocycles. The summed E-state index contributed by atoms with van der Waals surface area (Å²) in [6.07, 6.45) is 2.24. The summed E-state index contributed by atoms with van der Waals surface area (Å²) in [5.74, 6) is -1.03. The lowest BCUT2D eigenvalue weighted by Crippen LogP contribution is -2.35. The van der Waals surface area contributed by atoms with Gasteiger partial charge in [-0.3, -0.25) is 4.79 Å². The number of hydrogen-bond acceptors (Lipinski definition) is 3. The first-order chi connectivity index (χ1) is 7.11. The standard InChI is InChI=1S/C11H23NO3/c1-4-5-6-12(7-8-15-3)9-10(2)11(13)14/h10H,4-9H2,1-3H3,(H,13,14). The first kappa shape index (κ1) is 14.4. The molecule has 4 heteroatoms. The highest BCUT2D eigenvalue weighted by atomic mass is 16.5. The molecule has 0 rings (SSSR count). The predicted octanol–water partition coefficient (Wildman–Crippen LogP) is 1.46. The van der Waals surface area contributed by atoms with Crippen molar-refractivity contribution in [3.8, 4) is 0 Å². The Kier molecular flexibility index (Phi) is 8.33. The lowest BCUT2D eigenvalue weighted by molar-refractivity contribution is -0.141. The quantitative estimate of drug-likeness (QED) is 0.635. The van der Waals surface area contributed by atoms with Crippen molar-refractivity contribution in [2.45, 2.75) is 26.7 Å². The van der Waals surface area contributed by atoms with E-state index in [2.05, 4.69) is 11.8 Å². The molecule has 0 aliphatic heterocycles. The first-order valence-corrected chi connectivity index (χ1v) is 5.55. The van der Waals surface area contributed by atoms with Gasteiger partial charge in [-0.2, -0.15) is 0 Å². The summed E-state index contributed by atoms with van der Waals surface area (Å²) in [6, 6.07) is 0. The summed E-state index contributed by atoms with van der Waals surface area (Å²) in [5, 5.41) is 8.82. The van der Waals surface area contributed by atoms with Gasteiger partial charge >= 0.3 is 5.97 Å². The second-order valence-electron chi connectivity index (χ2n) is 3.89. The third-order valence-corrected chi connectivity index (χ3v) is 2.39. The van der Waals surface area contributed by atoms with Crippen LogP contribution in [0.15, 0.2) is 0 Å². The lowest BCUT2D eigenvalue weighted by Gasteiger charge is -2.23. The molecular weight excluding hydrogens is 194 g/mol. The number of carboxylic acid groups (broad SMARTS) is 1. The van der Waals surface area contributed by atoms with Crippen molar-refractivity contribution in [3.05, 3.63) is 0 Å². The Morgan fingerprint density at radius 3 is 2.60 bits per heavy atom. The Morgan fingerprint density at radius 2 is 2.13 bits per heavy atom. The van der Waals surface area contributed by atoms with Crippen molar-refractivity contribution in [2.24, 2.45) is 5.92 Å². The molecule has 0 aromatic heterocycles. The van der Waals surface area contributed by atoms with Gasteiger partial charge in [-0.25, -0.2) is 0 Å². The van der Waals surface area contributed by atoms with Crippen molar-refractivity contribution < 1.29 is 14.6 Å². The molecule has 1 N–H and O–H groups in total. The van der Waals surface area contributed by atoms with Gasteiger partial charge < -0.3 is 14.7 Å². The number of methoxy groups -OCH3 is 1. The van der Waals surface area contributed by atoms with Crippen LogP contribution in [0, 0.1) is 5.92 Å². The number of carbonyl (C=O) groups is 1. The Balaban J connectivity index is 3.92. The molecular formula is C11H23NO3. The third-order valence-electron chi connectivity index (χ3n) is 2.39. The van der Waals surface area contributed by atoms with E-state index in [1.807, 2.05) is 0 Å². The molecule has 0 amide bonds. The number of unbranched alkanes of at least 4 members (excludes halogenated alkanes) is 1. The third kappa shape index (κ3) is 7.33. The van der Waals surface area contributed by atoms with Crippen LogP contribution in [0.1, 0.15) is 26.7 Å². The fourth-order valence-electron chi connectivity index (χ4n) is 1.36. The van der Waals surface area contributed by atoms with E-state index in [9.17, 15) is 4.79 Å². The summed E-state index contributed by atoms with van der Waals surface area (Å²) in [6.45, 7) is 6.92. The Labute approximate surface area is 92.2 Å². The van der Waals surface area contributed by atoms with Gasteiger partial charge in [-0.1, -0.05) is 20.3 Å². The van der Waals surface area contributed by atoms with E-state index in [1.54, 1.807) is 14.0 Å². The minimum Gasteiger partial charge on any atom is -0.481 e. The number of carboxylic acids is 1. The topological polar surface area (TPSA) is 49.8 Å². The summed E-state index contributed by atoms with van der Waals surface area (Å²) in [5.41, 5.74) is 0. The van der Waals surface area contributed by atoms with Crippen LogP contribution >= 0.6 is 0 Å². The Morgan fingerprint density at radius 1 is 1.47 bits per heavy atom.